The lowest BCUT2D eigenvalue weighted by Crippen LogP contribution is -2.25. The van der Waals surface area contributed by atoms with E-state index in [1.54, 1.807) is 0 Å². The molecule has 0 aromatic rings. The zero-order valence-electron chi connectivity index (χ0n) is 5.59. The van der Waals surface area contributed by atoms with Crippen LogP contribution in [0.15, 0.2) is 0 Å². The van der Waals surface area contributed by atoms with Gasteiger partial charge in [0.1, 0.15) is 4.32 Å². The van der Waals surface area contributed by atoms with Crippen LogP contribution in [-0.2, 0) is 0 Å². The number of thiocarbonyl (C=S) groups is 1. The molecule has 0 amide bonds. The molecule has 0 aliphatic carbocycles. The summed E-state index contributed by atoms with van der Waals surface area (Å²) in [6.45, 7) is 6.06. The van der Waals surface area contributed by atoms with E-state index in [1.807, 2.05) is 0 Å². The molecule has 0 saturated heterocycles. The van der Waals surface area contributed by atoms with Crippen LogP contribution in [0.3, 0.4) is 0 Å². The van der Waals surface area contributed by atoms with Crippen molar-refractivity contribution in [3.05, 3.63) is 0 Å². The number of rotatable bonds is 2. The minimum atomic E-state index is 0.815. The molecule has 0 unspecified atom stereocenters. The highest BCUT2D eigenvalue weighted by atomic mass is 33.1. The van der Waals surface area contributed by atoms with Crippen LogP contribution in [0.1, 0.15) is 13.8 Å². The van der Waals surface area contributed by atoms with Crippen LogP contribution in [0.25, 0.3) is 0 Å². The van der Waals surface area contributed by atoms with Crippen molar-refractivity contribution < 1.29 is 0 Å². The van der Waals surface area contributed by atoms with Crippen molar-refractivity contribution in [2.24, 2.45) is 0 Å². The molecule has 0 atom stereocenters. The zero-order chi connectivity index (χ0) is 7.28. The molecule has 0 heterocycles. The largest absolute Gasteiger partial charge is 0.357 e. The average Bonchev–Trinajstić information content (AvgIpc) is 1.90. The van der Waals surface area contributed by atoms with Gasteiger partial charge in [0, 0.05) is 13.1 Å². The normalized spacial score (nSPS) is 9.22. The van der Waals surface area contributed by atoms with Gasteiger partial charge < -0.3 is 4.90 Å². The van der Waals surface area contributed by atoms with E-state index in [0.29, 0.717) is 0 Å². The first kappa shape index (κ1) is 9.59. The van der Waals surface area contributed by atoms with Crippen LogP contribution >= 0.6 is 34.7 Å². The third kappa shape index (κ3) is 3.33. The fraction of sp³-hybridized carbons (Fsp3) is 0.800. The van der Waals surface area contributed by atoms with Gasteiger partial charge in [-0.15, -0.1) is 0 Å². The fourth-order valence-corrected chi connectivity index (χ4v) is 1.47. The summed E-state index contributed by atoms with van der Waals surface area (Å²) in [7, 11) is 1.22. The van der Waals surface area contributed by atoms with Crippen LogP contribution in [0.5, 0.6) is 0 Å². The first-order valence-corrected chi connectivity index (χ1v) is 5.00. The lowest BCUT2D eigenvalue weighted by atomic mass is 10.6. The molecule has 0 fully saturated rings. The molecule has 9 heavy (non-hydrogen) atoms. The molecule has 53 valence electrons. The molecule has 0 aromatic heterocycles. The highest BCUT2D eigenvalue weighted by Crippen LogP contribution is 2.11. The van der Waals surface area contributed by atoms with Crippen molar-refractivity contribution in [3.63, 3.8) is 0 Å². The maximum atomic E-state index is 4.96. The lowest BCUT2D eigenvalue weighted by molar-refractivity contribution is 0.482. The molecule has 0 saturated carbocycles. The molecule has 1 nitrogen and oxygen atoms in total. The van der Waals surface area contributed by atoms with Crippen LogP contribution < -0.4 is 0 Å². The third-order valence-electron chi connectivity index (χ3n) is 1.09. The summed E-state index contributed by atoms with van der Waals surface area (Å²) in [6, 6.07) is 0. The SMILES string of the molecule is CCN(CC)C(=S)S[S]. The Labute approximate surface area is 71.0 Å². The van der Waals surface area contributed by atoms with Crippen molar-refractivity contribution >= 4 is 39.0 Å². The Bertz CT molecular complexity index is 90.2. The summed E-state index contributed by atoms with van der Waals surface area (Å²) in [5.74, 6) is 0. The van der Waals surface area contributed by atoms with Crippen LogP contribution in [0, 0.1) is 0 Å². The molecule has 0 N–H and O–H groups in total. The van der Waals surface area contributed by atoms with Gasteiger partial charge in [-0.05, 0) is 36.3 Å². The molecule has 0 aliphatic rings. The van der Waals surface area contributed by atoms with Crippen molar-refractivity contribution in [2.45, 2.75) is 13.8 Å². The topological polar surface area (TPSA) is 3.24 Å². The Balaban J connectivity index is 3.64. The first-order valence-electron chi connectivity index (χ1n) is 2.85. The van der Waals surface area contributed by atoms with Gasteiger partial charge in [-0.25, -0.2) is 0 Å². The highest BCUT2D eigenvalue weighted by molar-refractivity contribution is 8.76. The quantitative estimate of drug-likeness (QED) is 0.475. The number of nitrogens with zero attached hydrogens (tertiary/aromatic N) is 1. The van der Waals surface area contributed by atoms with Crippen molar-refractivity contribution in [1.29, 1.82) is 0 Å². The van der Waals surface area contributed by atoms with Gasteiger partial charge in [0.05, 0.1) is 0 Å². The van der Waals surface area contributed by atoms with Gasteiger partial charge in [-0.1, -0.05) is 12.2 Å². The predicted octanol–water partition coefficient (Wildman–Crippen LogP) is 2.46. The van der Waals surface area contributed by atoms with Crippen molar-refractivity contribution in [1.82, 2.24) is 4.90 Å². The fourth-order valence-electron chi connectivity index (χ4n) is 0.535. The molecule has 0 bridgehead atoms. The van der Waals surface area contributed by atoms with Crippen molar-refractivity contribution in [2.75, 3.05) is 13.1 Å². The average molecular weight is 180 g/mol. The maximum absolute atomic E-state index is 4.96. The van der Waals surface area contributed by atoms with E-state index in [2.05, 4.69) is 18.7 Å². The summed E-state index contributed by atoms with van der Waals surface area (Å²) in [5, 5.41) is 0. The Kier molecular flexibility index (Phi) is 5.73. The highest BCUT2D eigenvalue weighted by Gasteiger charge is 2.01. The second-order valence-electron chi connectivity index (χ2n) is 1.52. The second-order valence-corrected chi connectivity index (χ2v) is 3.22. The monoisotopic (exact) mass is 180 g/mol. The van der Waals surface area contributed by atoms with E-state index < -0.39 is 0 Å². The lowest BCUT2D eigenvalue weighted by Gasteiger charge is -2.18. The molecule has 0 aliphatic heterocycles. The molecule has 4 heteroatoms. The van der Waals surface area contributed by atoms with E-state index >= 15 is 0 Å². The minimum Gasteiger partial charge on any atom is -0.357 e. The van der Waals surface area contributed by atoms with Crippen LogP contribution in [-0.4, -0.2) is 22.3 Å². The van der Waals surface area contributed by atoms with Gasteiger partial charge >= 0.3 is 0 Å². The van der Waals surface area contributed by atoms with Crippen LogP contribution in [0.2, 0.25) is 0 Å². The van der Waals surface area contributed by atoms with Gasteiger partial charge in [0.25, 0.3) is 0 Å². The molecule has 0 aromatic carbocycles. The van der Waals surface area contributed by atoms with E-state index in [4.69, 9.17) is 23.9 Å². The third-order valence-corrected chi connectivity index (χ3v) is 2.79. The van der Waals surface area contributed by atoms with Gasteiger partial charge in [-0.3, -0.25) is 0 Å². The molecule has 1 radical (unpaired) electrons. The predicted molar refractivity (Wildman–Crippen MR) is 50.7 cm³/mol. The smallest absolute Gasteiger partial charge is 0.147 e. The Morgan fingerprint density at radius 2 is 1.89 bits per heavy atom. The van der Waals surface area contributed by atoms with E-state index in [1.165, 1.54) is 10.8 Å². The molecular weight excluding hydrogens is 170 g/mol. The van der Waals surface area contributed by atoms with Gasteiger partial charge in [0.2, 0.25) is 0 Å². The number of hydrogen-bond acceptors (Lipinski definition) is 2. The summed E-state index contributed by atoms with van der Waals surface area (Å²) in [5.41, 5.74) is 0. The van der Waals surface area contributed by atoms with E-state index in [0.717, 1.165) is 17.4 Å². The second kappa shape index (κ2) is 5.38. The minimum absolute atomic E-state index is 0.815. The zero-order valence-corrected chi connectivity index (χ0v) is 8.04. The molecular formula is C5H10NS3. The first-order chi connectivity index (χ1) is 4.26. The van der Waals surface area contributed by atoms with Gasteiger partial charge in [-0.2, -0.15) is 0 Å². The Morgan fingerprint density at radius 1 is 1.44 bits per heavy atom. The Hall–Kier alpha value is 0.590. The summed E-state index contributed by atoms with van der Waals surface area (Å²) in [6.07, 6.45) is 0. The Morgan fingerprint density at radius 3 is 2.00 bits per heavy atom. The van der Waals surface area contributed by atoms with Crippen LogP contribution in [0.4, 0.5) is 0 Å². The number of hydrogen-bond donors (Lipinski definition) is 0. The van der Waals surface area contributed by atoms with Gasteiger partial charge in [0.15, 0.2) is 0 Å². The molecule has 0 rings (SSSR count). The van der Waals surface area contributed by atoms with Crippen molar-refractivity contribution in [3.8, 4) is 0 Å². The van der Waals surface area contributed by atoms with E-state index in [9.17, 15) is 0 Å². The summed E-state index contributed by atoms with van der Waals surface area (Å²) >= 11 is 9.68. The summed E-state index contributed by atoms with van der Waals surface area (Å²) < 4.78 is 0.815. The summed E-state index contributed by atoms with van der Waals surface area (Å²) in [4.78, 5) is 2.06. The molecule has 0 spiro atoms. The van der Waals surface area contributed by atoms with E-state index in [-0.39, 0.29) is 0 Å². The maximum Gasteiger partial charge on any atom is 0.147 e. The standard InChI is InChI=1S/C5H10NS3/c1-3-6(4-2)5(7)9-8/h3-4H2,1-2H3.